The van der Waals surface area contributed by atoms with Crippen molar-refractivity contribution in [1.82, 2.24) is 4.90 Å². The third kappa shape index (κ3) is 3.40. The van der Waals surface area contributed by atoms with Crippen LogP contribution in [0, 0.1) is 0 Å². The number of fused-ring (bicyclic) bond motifs is 1. The Balaban J connectivity index is 1.79. The van der Waals surface area contributed by atoms with Gasteiger partial charge in [-0.1, -0.05) is 48.5 Å². The number of rotatable bonds is 5. The Labute approximate surface area is 142 Å². The van der Waals surface area contributed by atoms with Crippen LogP contribution >= 0.6 is 0 Å². The van der Waals surface area contributed by atoms with Gasteiger partial charge in [0.15, 0.2) is 0 Å². The molecule has 1 unspecified atom stereocenters. The minimum Gasteiger partial charge on any atom is -0.459 e. The van der Waals surface area contributed by atoms with Gasteiger partial charge >= 0.3 is 0 Å². The highest BCUT2D eigenvalue weighted by atomic mass is 16.3. The fraction of sp³-hybridized carbons (Fsp3) is 0.190. The first-order valence-electron chi connectivity index (χ1n) is 8.21. The average Bonchev–Trinajstić information content (AvgIpc) is 3.05. The van der Waals surface area contributed by atoms with Crippen LogP contribution in [0.5, 0.6) is 0 Å². The molecule has 0 fully saturated rings. The van der Waals surface area contributed by atoms with E-state index in [2.05, 4.69) is 0 Å². The molecule has 1 atom stereocenters. The molecule has 3 nitrogen and oxygen atoms in total. The topological polar surface area (TPSA) is 33.5 Å². The molecule has 0 saturated carbocycles. The predicted octanol–water partition coefficient (Wildman–Crippen LogP) is 5.06. The molecule has 1 aromatic heterocycles. The third-order valence-electron chi connectivity index (χ3n) is 4.17. The maximum atomic E-state index is 12.6. The molecule has 0 aliphatic rings. The summed E-state index contributed by atoms with van der Waals surface area (Å²) in [5, 5.41) is 1.06. The first-order chi connectivity index (χ1) is 11.7. The number of hydrogen-bond donors (Lipinski definition) is 0. The van der Waals surface area contributed by atoms with Crippen molar-refractivity contribution in [2.45, 2.75) is 19.9 Å². The first kappa shape index (κ1) is 16.1. The van der Waals surface area contributed by atoms with Crippen LogP contribution in [0.2, 0.25) is 0 Å². The summed E-state index contributed by atoms with van der Waals surface area (Å²) < 4.78 is 5.91. The van der Waals surface area contributed by atoms with E-state index < -0.39 is 0 Å². The van der Waals surface area contributed by atoms with Crippen molar-refractivity contribution < 1.29 is 9.21 Å². The number of likely N-dealkylation sites (N-methyl/N-ethyl adjacent to an activating group) is 1. The van der Waals surface area contributed by atoms with E-state index in [1.54, 1.807) is 11.0 Å². The van der Waals surface area contributed by atoms with Crippen molar-refractivity contribution in [2.75, 3.05) is 6.54 Å². The van der Waals surface area contributed by atoms with Gasteiger partial charge in [-0.25, -0.2) is 0 Å². The van der Waals surface area contributed by atoms with E-state index in [9.17, 15) is 4.79 Å². The molecule has 0 spiro atoms. The Kier molecular flexibility index (Phi) is 4.80. The summed E-state index contributed by atoms with van der Waals surface area (Å²) in [7, 11) is 0. The smallest absolute Gasteiger partial charge is 0.247 e. The van der Waals surface area contributed by atoms with Crippen LogP contribution in [0.15, 0.2) is 71.2 Å². The van der Waals surface area contributed by atoms with Crippen LogP contribution in [0.1, 0.15) is 31.2 Å². The summed E-state index contributed by atoms with van der Waals surface area (Å²) in [5.41, 5.74) is 1.86. The van der Waals surface area contributed by atoms with Gasteiger partial charge < -0.3 is 9.32 Å². The summed E-state index contributed by atoms with van der Waals surface area (Å²) in [6.07, 6.45) is 3.47. The van der Waals surface area contributed by atoms with Crippen LogP contribution < -0.4 is 0 Å². The minimum atomic E-state index is -0.115. The zero-order valence-corrected chi connectivity index (χ0v) is 14.0. The van der Waals surface area contributed by atoms with Gasteiger partial charge in [0.05, 0.1) is 6.04 Å². The number of nitrogens with zero attached hydrogens (tertiary/aromatic N) is 1. The molecule has 0 N–H and O–H groups in total. The lowest BCUT2D eigenvalue weighted by molar-refractivity contribution is -0.128. The van der Waals surface area contributed by atoms with Crippen molar-refractivity contribution >= 4 is 23.0 Å². The highest BCUT2D eigenvalue weighted by molar-refractivity contribution is 5.92. The standard InChI is InChI=1S/C21H21NO2/c1-3-22(21(23)14-13-17-9-5-4-6-10-17)16(2)20-15-18-11-7-8-12-19(18)24-20/h4-16H,3H2,1-2H3/b14-13+. The number of amides is 1. The predicted molar refractivity (Wildman–Crippen MR) is 97.5 cm³/mol. The number of carbonyl (C=O) groups excluding carboxylic acids is 1. The van der Waals surface area contributed by atoms with E-state index >= 15 is 0 Å². The van der Waals surface area contributed by atoms with Crippen LogP contribution in [0.4, 0.5) is 0 Å². The average molecular weight is 319 g/mol. The molecule has 0 radical (unpaired) electrons. The van der Waals surface area contributed by atoms with E-state index in [-0.39, 0.29) is 11.9 Å². The summed E-state index contributed by atoms with van der Waals surface area (Å²) in [5.74, 6) is 0.786. The number of para-hydroxylation sites is 1. The lowest BCUT2D eigenvalue weighted by atomic mass is 10.1. The van der Waals surface area contributed by atoms with Crippen molar-refractivity contribution in [3.05, 3.63) is 78.1 Å². The van der Waals surface area contributed by atoms with Gasteiger partial charge in [0.25, 0.3) is 0 Å². The molecule has 122 valence electrons. The first-order valence-corrected chi connectivity index (χ1v) is 8.21. The Morgan fingerprint density at radius 1 is 1.12 bits per heavy atom. The Morgan fingerprint density at radius 3 is 2.54 bits per heavy atom. The zero-order valence-electron chi connectivity index (χ0n) is 14.0. The summed E-state index contributed by atoms with van der Waals surface area (Å²) >= 11 is 0. The zero-order chi connectivity index (χ0) is 16.9. The maximum absolute atomic E-state index is 12.6. The largest absolute Gasteiger partial charge is 0.459 e. The highest BCUT2D eigenvalue weighted by Crippen LogP contribution is 2.27. The number of furan rings is 1. The summed E-state index contributed by atoms with van der Waals surface area (Å²) in [4.78, 5) is 14.4. The molecular weight excluding hydrogens is 298 g/mol. The van der Waals surface area contributed by atoms with Gasteiger partial charge in [0, 0.05) is 18.0 Å². The maximum Gasteiger partial charge on any atom is 0.247 e. The molecule has 0 bridgehead atoms. The highest BCUT2D eigenvalue weighted by Gasteiger charge is 2.21. The lowest BCUT2D eigenvalue weighted by Gasteiger charge is -2.25. The monoisotopic (exact) mass is 319 g/mol. The van der Waals surface area contributed by atoms with Crippen molar-refractivity contribution in [2.24, 2.45) is 0 Å². The molecule has 24 heavy (non-hydrogen) atoms. The Hall–Kier alpha value is -2.81. The van der Waals surface area contributed by atoms with Crippen molar-refractivity contribution in [3.63, 3.8) is 0 Å². The second-order valence-electron chi connectivity index (χ2n) is 5.73. The molecule has 0 aliphatic heterocycles. The second-order valence-corrected chi connectivity index (χ2v) is 5.73. The van der Waals surface area contributed by atoms with Crippen LogP contribution in [-0.4, -0.2) is 17.4 Å². The van der Waals surface area contributed by atoms with Crippen molar-refractivity contribution in [1.29, 1.82) is 0 Å². The minimum absolute atomic E-state index is 0.0192. The Morgan fingerprint density at radius 2 is 1.83 bits per heavy atom. The van der Waals surface area contributed by atoms with Crippen LogP contribution in [-0.2, 0) is 4.79 Å². The van der Waals surface area contributed by atoms with Crippen molar-refractivity contribution in [3.8, 4) is 0 Å². The molecule has 1 heterocycles. The van der Waals surface area contributed by atoms with Gasteiger partial charge in [0.2, 0.25) is 5.91 Å². The number of hydrogen-bond acceptors (Lipinski definition) is 2. The molecule has 1 amide bonds. The molecule has 0 aliphatic carbocycles. The van der Waals surface area contributed by atoms with E-state index in [1.165, 1.54) is 0 Å². The van der Waals surface area contributed by atoms with Gasteiger partial charge in [-0.15, -0.1) is 0 Å². The Bertz CT molecular complexity index is 815. The second kappa shape index (κ2) is 7.18. The van der Waals surface area contributed by atoms with Crippen LogP contribution in [0.3, 0.4) is 0 Å². The SMILES string of the molecule is CCN(C(=O)/C=C/c1ccccc1)C(C)c1cc2ccccc2o1. The van der Waals surface area contributed by atoms with Gasteiger partial charge in [-0.3, -0.25) is 4.79 Å². The molecule has 2 aromatic carbocycles. The molecule has 3 aromatic rings. The van der Waals surface area contributed by atoms with Gasteiger partial charge in [-0.2, -0.15) is 0 Å². The third-order valence-corrected chi connectivity index (χ3v) is 4.17. The van der Waals surface area contributed by atoms with E-state index in [1.807, 2.05) is 80.6 Å². The fourth-order valence-corrected chi connectivity index (χ4v) is 2.81. The lowest BCUT2D eigenvalue weighted by Crippen LogP contribution is -2.31. The quantitative estimate of drug-likeness (QED) is 0.616. The molecule has 3 rings (SSSR count). The molecular formula is C21H21NO2. The molecule has 0 saturated heterocycles. The van der Waals surface area contributed by atoms with E-state index in [4.69, 9.17) is 4.42 Å². The molecule has 3 heteroatoms. The normalized spacial score (nSPS) is 12.6. The fourth-order valence-electron chi connectivity index (χ4n) is 2.81. The van der Waals surface area contributed by atoms with Gasteiger partial charge in [-0.05, 0) is 37.6 Å². The summed E-state index contributed by atoms with van der Waals surface area (Å²) in [6.45, 7) is 4.60. The van der Waals surface area contributed by atoms with Gasteiger partial charge in [0.1, 0.15) is 11.3 Å². The van der Waals surface area contributed by atoms with E-state index in [0.29, 0.717) is 6.54 Å². The summed E-state index contributed by atoms with van der Waals surface area (Å²) in [6, 6.07) is 19.6. The number of benzene rings is 2. The van der Waals surface area contributed by atoms with E-state index in [0.717, 1.165) is 22.3 Å². The van der Waals surface area contributed by atoms with Crippen LogP contribution in [0.25, 0.3) is 17.0 Å². The number of carbonyl (C=O) groups is 1.